The van der Waals surface area contributed by atoms with Crippen LogP contribution in [0.1, 0.15) is 17.5 Å². The quantitative estimate of drug-likeness (QED) is 0.656. The summed E-state index contributed by atoms with van der Waals surface area (Å²) in [5.41, 5.74) is 2.03. The molecule has 0 aliphatic rings. The third kappa shape index (κ3) is 3.96. The van der Waals surface area contributed by atoms with Crippen molar-refractivity contribution >= 4 is 28.2 Å². The van der Waals surface area contributed by atoms with E-state index in [-0.39, 0.29) is 0 Å². The monoisotopic (exact) mass is 398 g/mol. The molecule has 108 valence electrons. The molecule has 22 heavy (non-hydrogen) atoms. The van der Waals surface area contributed by atoms with Crippen molar-refractivity contribution in [1.82, 2.24) is 0 Å². The first kappa shape index (κ1) is 16.3. The van der Waals surface area contributed by atoms with Gasteiger partial charge in [-0.05, 0) is 20.8 Å². The van der Waals surface area contributed by atoms with Crippen LogP contribution in [0.4, 0.5) is 0 Å². The second-order valence-corrected chi connectivity index (χ2v) is 5.77. The molecule has 2 aromatic rings. The molecule has 0 atom stereocenters. The fraction of sp³-hybridized carbons (Fsp3) is 0.158. The molecule has 0 spiro atoms. The van der Waals surface area contributed by atoms with Crippen molar-refractivity contribution in [3.8, 4) is 12.1 Å². The molecule has 0 saturated carbocycles. The highest BCUT2D eigenvalue weighted by molar-refractivity contribution is 14.1. The lowest BCUT2D eigenvalue weighted by Crippen LogP contribution is -2.20. The van der Waals surface area contributed by atoms with E-state index in [0.29, 0.717) is 12.8 Å². The zero-order valence-electron chi connectivity index (χ0n) is 12.0. The first-order chi connectivity index (χ1) is 10.7. The van der Waals surface area contributed by atoms with E-state index >= 15 is 0 Å². The van der Waals surface area contributed by atoms with Crippen LogP contribution in [0.5, 0.6) is 0 Å². The summed E-state index contributed by atoms with van der Waals surface area (Å²) in [6, 6.07) is 24.1. The molecule has 0 amide bonds. The molecule has 2 rings (SSSR count). The topological polar surface area (TPSA) is 47.6 Å². The van der Waals surface area contributed by atoms with E-state index in [4.69, 9.17) is 0 Å². The van der Waals surface area contributed by atoms with Crippen molar-refractivity contribution in [3.05, 3.63) is 75.9 Å². The van der Waals surface area contributed by atoms with E-state index in [1.54, 1.807) is 0 Å². The largest absolute Gasteiger partial charge is 0.197 e. The van der Waals surface area contributed by atoms with Gasteiger partial charge in [0.15, 0.2) is 5.41 Å². The normalized spacial score (nSPS) is 11.5. The first-order valence-electron chi connectivity index (χ1n) is 6.94. The van der Waals surface area contributed by atoms with Crippen LogP contribution < -0.4 is 0 Å². The van der Waals surface area contributed by atoms with Crippen LogP contribution in [-0.4, -0.2) is 0 Å². The second kappa shape index (κ2) is 7.77. The zero-order chi connectivity index (χ0) is 15.8. The van der Waals surface area contributed by atoms with E-state index < -0.39 is 5.41 Å². The van der Waals surface area contributed by atoms with E-state index in [9.17, 15) is 10.5 Å². The molecule has 0 aliphatic carbocycles. The molecule has 3 heteroatoms. The maximum Gasteiger partial charge on any atom is 0.151 e. The summed E-state index contributed by atoms with van der Waals surface area (Å²) in [5.74, 6) is 0. The summed E-state index contributed by atoms with van der Waals surface area (Å²) in [4.78, 5) is 0. The maximum absolute atomic E-state index is 9.63. The lowest BCUT2D eigenvalue weighted by molar-refractivity contribution is 0.534. The van der Waals surface area contributed by atoms with E-state index in [0.717, 1.165) is 16.7 Å². The zero-order valence-corrected chi connectivity index (χ0v) is 14.2. The van der Waals surface area contributed by atoms with Crippen molar-refractivity contribution < 1.29 is 0 Å². The van der Waals surface area contributed by atoms with Gasteiger partial charge in [0.2, 0.25) is 0 Å². The summed E-state index contributed by atoms with van der Waals surface area (Å²) in [6.07, 6.45) is 0.851. The standard InChI is InChI=1S/C19H15IN2/c20-13-18(17-9-5-2-6-10-17)12-19(14-21,15-22)11-16-7-3-1-4-8-16/h1-10,13H,11-12H2. The smallest absolute Gasteiger partial charge is 0.151 e. The van der Waals surface area contributed by atoms with Crippen LogP contribution in [-0.2, 0) is 6.42 Å². The van der Waals surface area contributed by atoms with Gasteiger partial charge < -0.3 is 0 Å². The van der Waals surface area contributed by atoms with Crippen molar-refractivity contribution in [2.24, 2.45) is 5.41 Å². The minimum Gasteiger partial charge on any atom is -0.197 e. The van der Waals surface area contributed by atoms with Gasteiger partial charge in [-0.2, -0.15) is 10.5 Å². The Kier molecular flexibility index (Phi) is 5.75. The number of hydrogen-bond donors (Lipinski definition) is 0. The molecule has 0 aromatic heterocycles. The van der Waals surface area contributed by atoms with E-state index in [1.807, 2.05) is 64.7 Å². The fourth-order valence-electron chi connectivity index (χ4n) is 2.37. The van der Waals surface area contributed by atoms with E-state index in [1.165, 1.54) is 0 Å². The van der Waals surface area contributed by atoms with Crippen LogP contribution in [0.25, 0.3) is 5.57 Å². The molecule has 0 heterocycles. The van der Waals surface area contributed by atoms with Gasteiger partial charge in [0.1, 0.15) is 0 Å². The third-order valence-electron chi connectivity index (χ3n) is 3.55. The lowest BCUT2D eigenvalue weighted by Gasteiger charge is -2.20. The summed E-state index contributed by atoms with van der Waals surface area (Å²) >= 11 is 2.18. The predicted molar refractivity (Wildman–Crippen MR) is 96.9 cm³/mol. The number of nitrogens with zero attached hydrogens (tertiary/aromatic N) is 2. The molecule has 0 unspecified atom stereocenters. The summed E-state index contributed by atoms with van der Waals surface area (Å²) in [7, 11) is 0. The number of nitriles is 2. The first-order valence-corrected chi connectivity index (χ1v) is 8.19. The van der Waals surface area contributed by atoms with Crippen molar-refractivity contribution in [2.45, 2.75) is 12.8 Å². The minimum absolute atomic E-state index is 0.418. The summed E-state index contributed by atoms with van der Waals surface area (Å²) in [5, 5.41) is 19.3. The Labute approximate surface area is 144 Å². The predicted octanol–water partition coefficient (Wildman–Crippen LogP) is 5.13. The lowest BCUT2D eigenvalue weighted by atomic mass is 9.78. The number of hydrogen-bond acceptors (Lipinski definition) is 2. The Morgan fingerprint density at radius 1 is 0.955 bits per heavy atom. The Bertz CT molecular complexity index is 708. The van der Waals surface area contributed by atoms with Gasteiger partial charge >= 0.3 is 0 Å². The van der Waals surface area contributed by atoms with Gasteiger partial charge in [-0.25, -0.2) is 0 Å². The van der Waals surface area contributed by atoms with Crippen LogP contribution in [0.15, 0.2) is 64.7 Å². The highest BCUT2D eigenvalue weighted by Crippen LogP contribution is 2.34. The third-order valence-corrected chi connectivity index (χ3v) is 4.30. The number of rotatable bonds is 5. The van der Waals surface area contributed by atoms with E-state index in [2.05, 4.69) is 34.7 Å². The highest BCUT2D eigenvalue weighted by atomic mass is 127. The number of allylic oxidation sites excluding steroid dienone is 1. The Balaban J connectivity index is 2.29. The molecule has 2 aromatic carbocycles. The summed E-state index contributed by atoms with van der Waals surface area (Å²) in [6.45, 7) is 0. The molecular weight excluding hydrogens is 383 g/mol. The van der Waals surface area contributed by atoms with Crippen molar-refractivity contribution in [2.75, 3.05) is 0 Å². The van der Waals surface area contributed by atoms with Gasteiger partial charge in [-0.1, -0.05) is 83.3 Å². The number of halogens is 1. The van der Waals surface area contributed by atoms with Crippen LogP contribution >= 0.6 is 22.6 Å². The molecule has 0 aliphatic heterocycles. The summed E-state index contributed by atoms with van der Waals surface area (Å²) < 4.78 is 1.96. The SMILES string of the molecule is N#CC(C#N)(CC(=CI)c1ccccc1)Cc1ccccc1. The van der Waals surface area contributed by atoms with Gasteiger partial charge in [-0.3, -0.25) is 0 Å². The van der Waals surface area contributed by atoms with Gasteiger partial charge in [0.05, 0.1) is 12.1 Å². The molecule has 0 bridgehead atoms. The van der Waals surface area contributed by atoms with Crippen molar-refractivity contribution in [3.63, 3.8) is 0 Å². The minimum atomic E-state index is -1.05. The molecule has 0 fully saturated rings. The fourth-order valence-corrected chi connectivity index (χ4v) is 2.95. The highest BCUT2D eigenvalue weighted by Gasteiger charge is 2.32. The van der Waals surface area contributed by atoms with Crippen LogP contribution in [0, 0.1) is 28.1 Å². The Morgan fingerprint density at radius 2 is 1.50 bits per heavy atom. The second-order valence-electron chi connectivity index (χ2n) is 5.15. The molecule has 0 N–H and O–H groups in total. The van der Waals surface area contributed by atoms with Crippen LogP contribution in [0.3, 0.4) is 0 Å². The maximum atomic E-state index is 9.63. The van der Waals surface area contributed by atoms with Gasteiger partial charge in [0, 0.05) is 12.8 Å². The Morgan fingerprint density at radius 3 is 2.00 bits per heavy atom. The van der Waals surface area contributed by atoms with Crippen molar-refractivity contribution in [1.29, 1.82) is 10.5 Å². The van der Waals surface area contributed by atoms with Gasteiger partial charge in [0.25, 0.3) is 0 Å². The molecule has 2 nitrogen and oxygen atoms in total. The van der Waals surface area contributed by atoms with Crippen LogP contribution in [0.2, 0.25) is 0 Å². The average molecular weight is 398 g/mol. The Hall–Kier alpha value is -2.11. The molecule has 0 radical (unpaired) electrons. The molecule has 0 saturated heterocycles. The molecular formula is C19H15IN2. The van der Waals surface area contributed by atoms with Gasteiger partial charge in [-0.15, -0.1) is 0 Å². The number of benzene rings is 2. The average Bonchev–Trinajstić information content (AvgIpc) is 2.60.